The van der Waals surface area contributed by atoms with Gasteiger partial charge in [0.05, 0.1) is 20.2 Å². The molecule has 4 amide bonds. The Morgan fingerprint density at radius 2 is 1.19 bits per heavy atom. The number of hydrogen-bond acceptors (Lipinski definition) is 8. The number of nitrogens with zero attached hydrogens (tertiary/aromatic N) is 4. The molecule has 1 saturated carbocycles. The van der Waals surface area contributed by atoms with Crippen LogP contribution in [0.1, 0.15) is 100 Å². The van der Waals surface area contributed by atoms with Crippen molar-refractivity contribution in [2.24, 2.45) is 23.7 Å². The maximum Gasteiger partial charge on any atom is 0.407 e. The van der Waals surface area contributed by atoms with Crippen LogP contribution in [0, 0.1) is 49.4 Å². The smallest absolute Gasteiger partial charge is 0.407 e. The van der Waals surface area contributed by atoms with Crippen molar-refractivity contribution < 1.29 is 28.7 Å². The lowest BCUT2D eigenvalue weighted by molar-refractivity contribution is -0.138. The molecule has 6 rings (SSSR count). The van der Waals surface area contributed by atoms with Crippen LogP contribution in [0.15, 0.2) is 48.5 Å². The lowest BCUT2D eigenvalue weighted by Gasteiger charge is -2.31. The number of alkyl carbamates (subject to hydrolysis) is 1. The fourth-order valence-electron chi connectivity index (χ4n) is 7.57. The molecule has 68 heavy (non-hydrogen) atoms. The average Bonchev–Trinajstić information content (AvgIpc) is 3.58. The van der Waals surface area contributed by atoms with E-state index >= 15 is 0 Å². The number of aromatic nitrogens is 4. The predicted octanol–water partition coefficient (Wildman–Crippen LogP) is 10.0. The van der Waals surface area contributed by atoms with Gasteiger partial charge >= 0.3 is 6.09 Å². The lowest BCUT2D eigenvalue weighted by atomic mass is 10.0. The fourth-order valence-corrected chi connectivity index (χ4v) is 8.09. The first-order valence-electron chi connectivity index (χ1n) is 23.1. The minimum atomic E-state index is -0.679. The van der Waals surface area contributed by atoms with Crippen LogP contribution < -0.4 is 10.6 Å². The molecular weight excluding hydrogens is 904 g/mol. The number of terminal acetylenes is 2. The molecule has 0 radical (unpaired) electrons. The van der Waals surface area contributed by atoms with Crippen LogP contribution in [0.4, 0.5) is 4.79 Å². The molecule has 0 bridgehead atoms. The third-order valence-corrected chi connectivity index (χ3v) is 12.4. The Morgan fingerprint density at radius 3 is 1.54 bits per heavy atom. The molecule has 1 aliphatic heterocycles. The van der Waals surface area contributed by atoms with Crippen LogP contribution in [0.5, 0.6) is 0 Å². The molecule has 1 saturated heterocycles. The van der Waals surface area contributed by atoms with Crippen LogP contribution >= 0.6 is 23.2 Å². The first-order chi connectivity index (χ1) is 32.5. The molecule has 2 aliphatic rings. The van der Waals surface area contributed by atoms with E-state index in [2.05, 4.69) is 64.9 Å². The number of carbonyl (C=O) groups excluding carboxylic acids is 4. The van der Waals surface area contributed by atoms with Gasteiger partial charge in [0.1, 0.15) is 45.9 Å². The van der Waals surface area contributed by atoms with Gasteiger partial charge in [-0.2, -0.15) is 0 Å². The maximum absolute atomic E-state index is 13.8. The number of carbonyl (C=O) groups is 4. The summed E-state index contributed by atoms with van der Waals surface area (Å²) in [5, 5.41) is 6.02. The van der Waals surface area contributed by atoms with Crippen molar-refractivity contribution in [2.45, 2.75) is 120 Å². The second-order valence-electron chi connectivity index (χ2n) is 17.0. The van der Waals surface area contributed by atoms with E-state index in [4.69, 9.17) is 37.9 Å². The molecule has 4 aromatic rings. The Kier molecular flexibility index (Phi) is 25.0. The Labute approximate surface area is 414 Å². The summed E-state index contributed by atoms with van der Waals surface area (Å²) in [7, 11) is 1.25. The van der Waals surface area contributed by atoms with E-state index in [1.54, 1.807) is 4.90 Å². The summed E-state index contributed by atoms with van der Waals surface area (Å²) >= 11 is 13.3. The first-order valence-corrected chi connectivity index (χ1v) is 23.9. The van der Waals surface area contributed by atoms with Gasteiger partial charge in [-0.15, -0.1) is 25.7 Å². The molecule has 370 valence electrons. The van der Waals surface area contributed by atoms with Crippen LogP contribution in [-0.4, -0.2) is 98.5 Å². The summed E-state index contributed by atoms with van der Waals surface area (Å²) in [5.74, 6) is 1.19. The lowest BCUT2D eigenvalue weighted by Crippen LogP contribution is -2.51. The van der Waals surface area contributed by atoms with Crippen molar-refractivity contribution in [3.8, 4) is 59.3 Å². The Morgan fingerprint density at radius 1 is 0.750 bits per heavy atom. The number of amides is 4. The summed E-state index contributed by atoms with van der Waals surface area (Å²) in [6.45, 7) is 21.7. The highest BCUT2D eigenvalue weighted by atomic mass is 35.5. The largest absolute Gasteiger partial charge is 0.453 e. The maximum atomic E-state index is 13.8. The van der Waals surface area contributed by atoms with Crippen LogP contribution in [0.2, 0.25) is 10.3 Å². The molecule has 1 aliphatic carbocycles. The number of nitrogens with one attached hydrogen (secondary N) is 4. The SMILES string of the molecule is C#C.C#C.C1CCOCC1.CC.COC(=O)NCC(=O)N(Cc1nc(-c2ccc(-c3ccc(-c4nc(CN(C(=O)C(NC(C)=O)C(C)C)C5C(C)[C@H]5C)[nH]c4Cl)cc3)cc2)c(Cl)[nH]1)[C@H](C)C(C)C. The molecule has 2 aromatic carbocycles. The summed E-state index contributed by atoms with van der Waals surface area (Å²) < 4.78 is 9.67. The average molecular weight is 976 g/mol. The van der Waals surface area contributed by atoms with Gasteiger partial charge in [-0.25, -0.2) is 14.8 Å². The summed E-state index contributed by atoms with van der Waals surface area (Å²) in [5.41, 5.74) is 4.72. The Balaban J connectivity index is 0.00000118. The molecule has 3 unspecified atom stereocenters. The van der Waals surface area contributed by atoms with Crippen molar-refractivity contribution in [3.05, 3.63) is 70.5 Å². The highest BCUT2D eigenvalue weighted by Crippen LogP contribution is 2.43. The highest BCUT2D eigenvalue weighted by Gasteiger charge is 2.50. The van der Waals surface area contributed by atoms with Gasteiger partial charge in [0.2, 0.25) is 17.7 Å². The third kappa shape index (κ3) is 16.5. The van der Waals surface area contributed by atoms with Gasteiger partial charge in [-0.1, -0.05) is 127 Å². The van der Waals surface area contributed by atoms with E-state index in [0.29, 0.717) is 45.2 Å². The van der Waals surface area contributed by atoms with E-state index in [-0.39, 0.29) is 61.3 Å². The molecule has 4 N–H and O–H groups in total. The molecule has 2 fully saturated rings. The van der Waals surface area contributed by atoms with Gasteiger partial charge in [-0.3, -0.25) is 14.4 Å². The van der Waals surface area contributed by atoms with Gasteiger partial charge in [0, 0.05) is 43.3 Å². The standard InChI is InChI=1S/C41H52Cl2N8O5.C5H10O.C2H6.2C2H2/c1-21(2)25(7)50(33(53)18-44-41(55)56-9)19-31-46-35(38(42)48-31)29-14-10-27(11-15-29)28-12-16-30(17-13-28)36-39(43)49-32(47-36)20-51(37-23(5)24(37)6)40(54)34(22(3)4)45-26(8)52;1-2-4-6-5-3-1;3*1-2/h10-17,21-25,34,37H,18-20H2,1-9H3,(H,44,55)(H,45,52)(H,46,48)(H,47,49);1-5H2;1-2H3;2*1-2H/t23-,24?,25-,34?,37?;;;;/m1..../s1. The van der Waals surface area contributed by atoms with Crippen molar-refractivity contribution >= 4 is 47.0 Å². The fraction of sp³-hybridized carbons (Fsp3) is 0.500. The molecule has 0 spiro atoms. The first kappa shape index (κ1) is 58.3. The van der Waals surface area contributed by atoms with E-state index < -0.39 is 12.1 Å². The number of rotatable bonds is 15. The number of aromatic amines is 2. The number of imidazole rings is 2. The number of benzene rings is 2. The van der Waals surface area contributed by atoms with E-state index in [0.717, 1.165) is 35.5 Å². The second kappa shape index (κ2) is 29.2. The van der Waals surface area contributed by atoms with Gasteiger partial charge in [0.15, 0.2) is 0 Å². The zero-order valence-electron chi connectivity index (χ0n) is 41.6. The van der Waals surface area contributed by atoms with Crippen LogP contribution in [-0.2, 0) is 36.9 Å². The number of halogens is 2. The quantitative estimate of drug-likeness (QED) is 0.0852. The number of ether oxygens (including phenoxy) is 2. The number of hydrogen-bond donors (Lipinski definition) is 4. The topological polar surface area (TPSA) is 175 Å². The van der Waals surface area contributed by atoms with Crippen LogP contribution in [0.25, 0.3) is 33.6 Å². The summed E-state index contributed by atoms with van der Waals surface area (Å²) in [6, 6.07) is 15.0. The summed E-state index contributed by atoms with van der Waals surface area (Å²) in [6.07, 6.45) is 19.3. The highest BCUT2D eigenvalue weighted by molar-refractivity contribution is 6.32. The Hall–Kier alpha value is -5.80. The molecule has 16 heteroatoms. The monoisotopic (exact) mass is 974 g/mol. The van der Waals surface area contributed by atoms with Crippen LogP contribution in [0.3, 0.4) is 0 Å². The second-order valence-corrected chi connectivity index (χ2v) is 17.7. The predicted molar refractivity (Wildman–Crippen MR) is 273 cm³/mol. The number of methoxy groups -OCH3 is 1. The van der Waals surface area contributed by atoms with E-state index in [1.165, 1.54) is 33.3 Å². The van der Waals surface area contributed by atoms with Gasteiger partial charge < -0.3 is 39.9 Å². The minimum absolute atomic E-state index is 0.0457. The van der Waals surface area contributed by atoms with Crippen molar-refractivity contribution in [3.63, 3.8) is 0 Å². The number of H-pyrrole nitrogens is 2. The third-order valence-electron chi connectivity index (χ3n) is 11.8. The van der Waals surface area contributed by atoms with Gasteiger partial charge in [-0.05, 0) is 61.0 Å². The van der Waals surface area contributed by atoms with E-state index in [9.17, 15) is 19.2 Å². The molecule has 2 aromatic heterocycles. The normalized spacial score (nSPS) is 16.5. The molecule has 3 heterocycles. The Bertz CT molecular complexity index is 2200. The zero-order chi connectivity index (χ0) is 51.2. The van der Waals surface area contributed by atoms with Crippen molar-refractivity contribution in [1.29, 1.82) is 0 Å². The zero-order valence-corrected chi connectivity index (χ0v) is 43.1. The minimum Gasteiger partial charge on any atom is -0.453 e. The van der Waals surface area contributed by atoms with Crippen molar-refractivity contribution in [1.82, 2.24) is 40.4 Å². The van der Waals surface area contributed by atoms with Gasteiger partial charge in [0.25, 0.3) is 0 Å². The van der Waals surface area contributed by atoms with E-state index in [1.807, 2.05) is 102 Å². The molecule has 5 atom stereocenters. The molecule has 14 nitrogen and oxygen atoms in total. The summed E-state index contributed by atoms with van der Waals surface area (Å²) in [4.78, 5) is 69.7. The van der Waals surface area contributed by atoms with Crippen molar-refractivity contribution in [2.75, 3.05) is 26.9 Å². The molecular formula is C52H72Cl2N8O6.